The van der Waals surface area contributed by atoms with Crippen molar-refractivity contribution in [3.05, 3.63) is 41.0 Å². The molecule has 2 aliphatic heterocycles. The van der Waals surface area contributed by atoms with Crippen LogP contribution in [0.4, 0.5) is 5.13 Å². The minimum atomic E-state index is -0.176. The van der Waals surface area contributed by atoms with Gasteiger partial charge in [0, 0.05) is 11.6 Å². The first-order chi connectivity index (χ1) is 10.7. The second-order valence-electron chi connectivity index (χ2n) is 4.76. The summed E-state index contributed by atoms with van der Waals surface area (Å²) in [6, 6.07) is 5.52. The lowest BCUT2D eigenvalue weighted by Gasteiger charge is -2.11. The summed E-state index contributed by atoms with van der Waals surface area (Å²) in [5, 5.41) is 2.45. The lowest BCUT2D eigenvalue weighted by atomic mass is 10.1. The highest BCUT2D eigenvalue weighted by Crippen LogP contribution is 2.34. The quantitative estimate of drug-likeness (QED) is 0.800. The van der Waals surface area contributed by atoms with E-state index in [1.54, 1.807) is 19.2 Å². The van der Waals surface area contributed by atoms with Gasteiger partial charge in [-0.05, 0) is 30.7 Å². The first-order valence-corrected chi connectivity index (χ1v) is 7.51. The van der Waals surface area contributed by atoms with E-state index in [2.05, 4.69) is 9.98 Å². The van der Waals surface area contributed by atoms with Crippen molar-refractivity contribution in [3.8, 4) is 11.5 Å². The molecular weight excluding hydrogens is 302 g/mol. The molecule has 6 nitrogen and oxygen atoms in total. The van der Waals surface area contributed by atoms with Crippen LogP contribution in [0.2, 0.25) is 0 Å². The summed E-state index contributed by atoms with van der Waals surface area (Å²) in [7, 11) is 0. The number of carbonyl (C=O) groups excluding carboxylic acids is 1. The third-order valence-electron chi connectivity index (χ3n) is 3.34. The number of aromatic nitrogens is 1. The van der Waals surface area contributed by atoms with Gasteiger partial charge in [0.25, 0.3) is 5.91 Å². The Bertz CT molecular complexity index is 811. The average Bonchev–Trinajstić information content (AvgIpc) is 3.20. The van der Waals surface area contributed by atoms with E-state index in [-0.39, 0.29) is 12.7 Å². The minimum absolute atomic E-state index is 0.176. The standard InChI is InChI=1S/C15H11N3O3S/c1-9-17-11(14(19)18(9)15-16-4-5-22-15)6-10-2-3-12-13(7-10)21-8-20-12/h2-7H,8H2,1H3/b11-6+. The van der Waals surface area contributed by atoms with Crippen molar-refractivity contribution < 1.29 is 14.3 Å². The first-order valence-electron chi connectivity index (χ1n) is 6.63. The monoisotopic (exact) mass is 313 g/mol. The number of nitrogens with zero attached hydrogens (tertiary/aromatic N) is 3. The fourth-order valence-corrected chi connectivity index (χ4v) is 3.03. The summed E-state index contributed by atoms with van der Waals surface area (Å²) in [4.78, 5) is 22.5. The summed E-state index contributed by atoms with van der Waals surface area (Å²) in [6.45, 7) is 2.02. The van der Waals surface area contributed by atoms with Crippen molar-refractivity contribution in [2.24, 2.45) is 4.99 Å². The number of carbonyl (C=O) groups is 1. The zero-order valence-corrected chi connectivity index (χ0v) is 12.5. The largest absolute Gasteiger partial charge is 0.454 e. The van der Waals surface area contributed by atoms with Crippen LogP contribution in [-0.2, 0) is 4.79 Å². The molecule has 7 heteroatoms. The molecule has 0 atom stereocenters. The van der Waals surface area contributed by atoms with Crippen LogP contribution in [0.25, 0.3) is 6.08 Å². The van der Waals surface area contributed by atoms with Gasteiger partial charge in [-0.1, -0.05) is 6.07 Å². The van der Waals surface area contributed by atoms with E-state index in [1.165, 1.54) is 16.2 Å². The van der Waals surface area contributed by atoms with E-state index in [9.17, 15) is 4.79 Å². The molecule has 1 aromatic carbocycles. The van der Waals surface area contributed by atoms with Crippen molar-refractivity contribution >= 4 is 34.3 Å². The normalized spacial score (nSPS) is 18.2. The number of aliphatic imine (C=N–C) groups is 1. The lowest BCUT2D eigenvalue weighted by molar-refractivity contribution is -0.113. The Morgan fingerprint density at radius 1 is 1.32 bits per heavy atom. The molecule has 4 rings (SSSR count). The number of fused-ring (bicyclic) bond motifs is 1. The Morgan fingerprint density at radius 2 is 2.18 bits per heavy atom. The Morgan fingerprint density at radius 3 is 3.00 bits per heavy atom. The molecule has 3 heterocycles. The molecule has 0 spiro atoms. The Kier molecular flexibility index (Phi) is 2.93. The predicted molar refractivity (Wildman–Crippen MR) is 83.3 cm³/mol. The summed E-state index contributed by atoms with van der Waals surface area (Å²) >= 11 is 1.40. The highest BCUT2D eigenvalue weighted by Gasteiger charge is 2.30. The SMILES string of the molecule is CC1=N/C(=C/c2ccc3c(c2)OCO3)C(=O)N1c1nccs1. The molecular formula is C15H11N3O3S. The first kappa shape index (κ1) is 13.0. The van der Waals surface area contributed by atoms with E-state index in [0.717, 1.165) is 5.56 Å². The van der Waals surface area contributed by atoms with Crippen molar-refractivity contribution in [1.82, 2.24) is 4.98 Å². The van der Waals surface area contributed by atoms with Gasteiger partial charge in [0.2, 0.25) is 6.79 Å². The molecule has 0 saturated heterocycles. The molecule has 2 aliphatic rings. The van der Waals surface area contributed by atoms with Crippen LogP contribution in [0.3, 0.4) is 0 Å². The summed E-state index contributed by atoms with van der Waals surface area (Å²) in [6.07, 6.45) is 3.40. The Balaban J connectivity index is 1.67. The van der Waals surface area contributed by atoms with E-state index < -0.39 is 0 Å². The van der Waals surface area contributed by atoms with Gasteiger partial charge in [0.15, 0.2) is 16.6 Å². The van der Waals surface area contributed by atoms with Gasteiger partial charge in [-0.3, -0.25) is 4.79 Å². The van der Waals surface area contributed by atoms with Gasteiger partial charge in [0.1, 0.15) is 11.5 Å². The zero-order chi connectivity index (χ0) is 15.1. The highest BCUT2D eigenvalue weighted by molar-refractivity contribution is 7.14. The van der Waals surface area contributed by atoms with Crippen LogP contribution in [0, 0.1) is 0 Å². The third-order valence-corrected chi connectivity index (χ3v) is 4.10. The highest BCUT2D eigenvalue weighted by atomic mass is 32.1. The summed E-state index contributed by atoms with van der Waals surface area (Å²) in [5.41, 5.74) is 1.22. The Hall–Kier alpha value is -2.67. The molecule has 1 aromatic heterocycles. The number of thiazole rings is 1. The van der Waals surface area contributed by atoms with Crippen LogP contribution in [0.1, 0.15) is 12.5 Å². The van der Waals surface area contributed by atoms with Gasteiger partial charge in [-0.15, -0.1) is 11.3 Å². The Labute approximate surface area is 130 Å². The molecule has 22 heavy (non-hydrogen) atoms. The predicted octanol–water partition coefficient (Wildman–Crippen LogP) is 2.68. The average molecular weight is 313 g/mol. The zero-order valence-electron chi connectivity index (χ0n) is 11.6. The molecule has 1 amide bonds. The van der Waals surface area contributed by atoms with E-state index in [0.29, 0.717) is 28.2 Å². The number of amides is 1. The van der Waals surface area contributed by atoms with E-state index in [1.807, 2.05) is 23.6 Å². The number of hydrogen-bond acceptors (Lipinski definition) is 6. The fraction of sp³-hybridized carbons (Fsp3) is 0.133. The number of rotatable bonds is 2. The molecule has 0 radical (unpaired) electrons. The topological polar surface area (TPSA) is 64.0 Å². The molecule has 0 saturated carbocycles. The molecule has 2 aromatic rings. The van der Waals surface area contributed by atoms with Crippen LogP contribution >= 0.6 is 11.3 Å². The smallest absolute Gasteiger partial charge is 0.284 e. The molecule has 0 bridgehead atoms. The second-order valence-corrected chi connectivity index (χ2v) is 5.63. The van der Waals surface area contributed by atoms with Gasteiger partial charge in [0.05, 0.1) is 0 Å². The van der Waals surface area contributed by atoms with Gasteiger partial charge >= 0.3 is 0 Å². The molecule has 110 valence electrons. The van der Waals surface area contributed by atoms with Gasteiger partial charge < -0.3 is 9.47 Å². The maximum Gasteiger partial charge on any atom is 0.284 e. The van der Waals surface area contributed by atoms with Crippen molar-refractivity contribution in [2.45, 2.75) is 6.92 Å². The van der Waals surface area contributed by atoms with Crippen molar-refractivity contribution in [1.29, 1.82) is 0 Å². The number of benzene rings is 1. The maximum atomic E-state index is 12.5. The molecule has 0 unspecified atom stereocenters. The summed E-state index contributed by atoms with van der Waals surface area (Å²) in [5.74, 6) is 1.83. The van der Waals surface area contributed by atoms with E-state index in [4.69, 9.17) is 9.47 Å². The number of hydrogen-bond donors (Lipinski definition) is 0. The second kappa shape index (κ2) is 4.96. The fourth-order valence-electron chi connectivity index (χ4n) is 2.34. The van der Waals surface area contributed by atoms with Crippen molar-refractivity contribution in [3.63, 3.8) is 0 Å². The van der Waals surface area contributed by atoms with Crippen LogP contribution in [-0.4, -0.2) is 23.5 Å². The molecule has 0 N–H and O–H groups in total. The van der Waals surface area contributed by atoms with Crippen LogP contribution in [0.5, 0.6) is 11.5 Å². The van der Waals surface area contributed by atoms with Crippen LogP contribution in [0.15, 0.2) is 40.5 Å². The number of ether oxygens (including phenoxy) is 2. The van der Waals surface area contributed by atoms with Crippen molar-refractivity contribution in [2.75, 3.05) is 11.7 Å². The molecule has 0 fully saturated rings. The summed E-state index contributed by atoms with van der Waals surface area (Å²) < 4.78 is 10.6. The minimum Gasteiger partial charge on any atom is -0.454 e. The number of anilines is 1. The lowest BCUT2D eigenvalue weighted by Crippen LogP contribution is -2.29. The molecule has 0 aliphatic carbocycles. The van der Waals surface area contributed by atoms with Gasteiger partial charge in [-0.2, -0.15) is 0 Å². The number of amidine groups is 1. The van der Waals surface area contributed by atoms with Gasteiger partial charge in [-0.25, -0.2) is 14.9 Å². The van der Waals surface area contributed by atoms with Crippen LogP contribution < -0.4 is 14.4 Å². The maximum absolute atomic E-state index is 12.5. The van der Waals surface area contributed by atoms with E-state index >= 15 is 0 Å². The third kappa shape index (κ3) is 2.06.